The number of rotatable bonds is 6. The van der Waals surface area contributed by atoms with E-state index in [0.717, 1.165) is 18.4 Å². The van der Waals surface area contributed by atoms with Crippen LogP contribution >= 0.6 is 11.6 Å². The summed E-state index contributed by atoms with van der Waals surface area (Å²) in [5.41, 5.74) is 3.02. The minimum Gasteiger partial charge on any atom is -0.372 e. The molecular weight excluding hydrogens is 262 g/mol. The molecule has 0 aromatic heterocycles. The third-order valence-electron chi connectivity index (χ3n) is 3.63. The normalized spacial score (nSPS) is 15.1. The molecule has 1 atom stereocenters. The number of halogens is 1. The standard InChI is InChI=1S/C15H20ClNO2/c1-2-11(5-6-16)8-17-15(18)12-3-4-13-9-19-10-14(13)7-12/h3-4,7,11H,2,5-6,8-10H2,1H3,(H,17,18). The van der Waals surface area contributed by atoms with Gasteiger partial charge in [-0.05, 0) is 35.6 Å². The van der Waals surface area contributed by atoms with Crippen LogP contribution in [0.15, 0.2) is 18.2 Å². The van der Waals surface area contributed by atoms with Crippen molar-refractivity contribution < 1.29 is 9.53 Å². The van der Waals surface area contributed by atoms with Gasteiger partial charge in [0.2, 0.25) is 0 Å². The van der Waals surface area contributed by atoms with Crippen molar-refractivity contribution in [1.82, 2.24) is 5.32 Å². The van der Waals surface area contributed by atoms with Crippen LogP contribution in [0.1, 0.15) is 41.3 Å². The fourth-order valence-corrected chi connectivity index (χ4v) is 2.57. The van der Waals surface area contributed by atoms with Crippen molar-refractivity contribution in [3.8, 4) is 0 Å². The number of carbonyl (C=O) groups is 1. The quantitative estimate of drug-likeness (QED) is 0.814. The van der Waals surface area contributed by atoms with Gasteiger partial charge < -0.3 is 10.1 Å². The molecule has 0 fully saturated rings. The Morgan fingerprint density at radius 3 is 2.95 bits per heavy atom. The van der Waals surface area contributed by atoms with Crippen LogP contribution in [-0.2, 0) is 18.0 Å². The summed E-state index contributed by atoms with van der Waals surface area (Å²) in [6, 6.07) is 5.78. The van der Waals surface area contributed by atoms with Crippen LogP contribution in [-0.4, -0.2) is 18.3 Å². The molecule has 19 heavy (non-hydrogen) atoms. The third-order valence-corrected chi connectivity index (χ3v) is 3.85. The van der Waals surface area contributed by atoms with Gasteiger partial charge in [-0.1, -0.05) is 19.4 Å². The van der Waals surface area contributed by atoms with Crippen LogP contribution in [0.3, 0.4) is 0 Å². The Hall–Kier alpha value is -1.06. The van der Waals surface area contributed by atoms with Gasteiger partial charge in [0.05, 0.1) is 13.2 Å². The molecule has 1 N–H and O–H groups in total. The van der Waals surface area contributed by atoms with Crippen LogP contribution in [0.5, 0.6) is 0 Å². The lowest BCUT2D eigenvalue weighted by Crippen LogP contribution is -2.29. The Morgan fingerprint density at radius 1 is 1.42 bits per heavy atom. The molecule has 0 spiro atoms. The molecule has 4 heteroatoms. The van der Waals surface area contributed by atoms with Gasteiger partial charge in [0.15, 0.2) is 0 Å². The van der Waals surface area contributed by atoms with Crippen molar-refractivity contribution in [2.24, 2.45) is 5.92 Å². The Morgan fingerprint density at radius 2 is 2.21 bits per heavy atom. The zero-order valence-corrected chi connectivity index (χ0v) is 12.0. The molecule has 1 aromatic carbocycles. The van der Waals surface area contributed by atoms with Crippen molar-refractivity contribution in [1.29, 1.82) is 0 Å². The predicted octanol–water partition coefficient (Wildman–Crippen LogP) is 3.10. The summed E-state index contributed by atoms with van der Waals surface area (Å²) in [6.07, 6.45) is 1.97. The van der Waals surface area contributed by atoms with Crippen molar-refractivity contribution >= 4 is 17.5 Å². The molecule has 0 saturated carbocycles. The highest BCUT2D eigenvalue weighted by Crippen LogP contribution is 2.20. The summed E-state index contributed by atoms with van der Waals surface area (Å²) >= 11 is 5.74. The summed E-state index contributed by atoms with van der Waals surface area (Å²) in [5.74, 6) is 1.09. The van der Waals surface area contributed by atoms with Crippen molar-refractivity contribution in [3.05, 3.63) is 34.9 Å². The van der Waals surface area contributed by atoms with Crippen LogP contribution < -0.4 is 5.32 Å². The van der Waals surface area contributed by atoms with Crippen molar-refractivity contribution in [2.45, 2.75) is 33.0 Å². The zero-order valence-electron chi connectivity index (χ0n) is 11.2. The maximum Gasteiger partial charge on any atom is 0.251 e. The second kappa shape index (κ2) is 6.92. The molecule has 2 rings (SSSR count). The molecule has 3 nitrogen and oxygen atoms in total. The van der Waals surface area contributed by atoms with E-state index in [1.54, 1.807) is 0 Å². The van der Waals surface area contributed by atoms with E-state index in [-0.39, 0.29) is 5.91 Å². The number of hydrogen-bond donors (Lipinski definition) is 1. The number of benzene rings is 1. The number of fused-ring (bicyclic) bond motifs is 1. The van der Waals surface area contributed by atoms with Gasteiger partial charge in [0.25, 0.3) is 5.91 Å². The molecule has 0 radical (unpaired) electrons. The highest BCUT2D eigenvalue weighted by atomic mass is 35.5. The third kappa shape index (κ3) is 3.71. The minimum absolute atomic E-state index is 0.0114. The zero-order chi connectivity index (χ0) is 13.7. The van der Waals surface area contributed by atoms with Gasteiger partial charge in [-0.25, -0.2) is 0 Å². The number of amides is 1. The lowest BCUT2D eigenvalue weighted by atomic mass is 10.0. The highest BCUT2D eigenvalue weighted by molar-refractivity contribution is 6.17. The number of nitrogens with one attached hydrogen (secondary N) is 1. The molecule has 104 valence electrons. The topological polar surface area (TPSA) is 38.3 Å². The first kappa shape index (κ1) is 14.4. The number of alkyl halides is 1. The van der Waals surface area contributed by atoms with Crippen LogP contribution in [0.2, 0.25) is 0 Å². The Labute approximate surface area is 119 Å². The number of carbonyl (C=O) groups excluding carboxylic acids is 1. The Balaban J connectivity index is 1.92. The summed E-state index contributed by atoms with van der Waals surface area (Å²) in [4.78, 5) is 12.1. The van der Waals surface area contributed by atoms with Crippen molar-refractivity contribution in [3.63, 3.8) is 0 Å². The molecule has 1 heterocycles. The molecule has 1 aliphatic heterocycles. The van der Waals surface area contributed by atoms with Crippen LogP contribution in [0, 0.1) is 5.92 Å². The average Bonchev–Trinajstić information content (AvgIpc) is 2.90. The minimum atomic E-state index is -0.0114. The Kier molecular flexibility index (Phi) is 5.23. The highest BCUT2D eigenvalue weighted by Gasteiger charge is 2.15. The SMILES string of the molecule is CCC(CCCl)CNC(=O)c1ccc2c(c1)COC2. The maximum atomic E-state index is 12.1. The molecule has 1 aliphatic rings. The van der Waals surface area contributed by atoms with Gasteiger partial charge in [-0.15, -0.1) is 11.6 Å². The smallest absolute Gasteiger partial charge is 0.251 e. The average molecular weight is 282 g/mol. The first-order valence-electron chi connectivity index (χ1n) is 6.78. The van der Waals surface area contributed by atoms with E-state index in [0.29, 0.717) is 37.1 Å². The largest absolute Gasteiger partial charge is 0.372 e. The lowest BCUT2D eigenvalue weighted by molar-refractivity contribution is 0.0946. The van der Waals surface area contributed by atoms with Gasteiger partial charge >= 0.3 is 0 Å². The van der Waals surface area contributed by atoms with Gasteiger partial charge in [0.1, 0.15) is 0 Å². The van der Waals surface area contributed by atoms with E-state index in [2.05, 4.69) is 12.2 Å². The maximum absolute atomic E-state index is 12.1. The lowest BCUT2D eigenvalue weighted by Gasteiger charge is -2.14. The number of ether oxygens (including phenoxy) is 1. The van der Waals surface area contributed by atoms with E-state index < -0.39 is 0 Å². The number of hydrogen-bond acceptors (Lipinski definition) is 2. The van der Waals surface area contributed by atoms with E-state index in [4.69, 9.17) is 16.3 Å². The van der Waals surface area contributed by atoms with Gasteiger partial charge in [-0.3, -0.25) is 4.79 Å². The first-order valence-corrected chi connectivity index (χ1v) is 7.31. The summed E-state index contributed by atoms with van der Waals surface area (Å²) in [5, 5.41) is 2.99. The predicted molar refractivity (Wildman–Crippen MR) is 76.4 cm³/mol. The van der Waals surface area contributed by atoms with E-state index in [1.165, 1.54) is 5.56 Å². The second-order valence-corrected chi connectivity index (χ2v) is 5.32. The van der Waals surface area contributed by atoms with Gasteiger partial charge in [0, 0.05) is 18.0 Å². The molecule has 1 aromatic rings. The van der Waals surface area contributed by atoms with Crippen LogP contribution in [0.25, 0.3) is 0 Å². The Bertz CT molecular complexity index is 448. The van der Waals surface area contributed by atoms with E-state index in [1.807, 2.05) is 18.2 Å². The monoisotopic (exact) mass is 281 g/mol. The molecule has 0 bridgehead atoms. The van der Waals surface area contributed by atoms with E-state index >= 15 is 0 Å². The second-order valence-electron chi connectivity index (χ2n) is 4.94. The molecular formula is C15H20ClNO2. The molecule has 1 amide bonds. The van der Waals surface area contributed by atoms with Crippen LogP contribution in [0.4, 0.5) is 0 Å². The summed E-state index contributed by atoms with van der Waals surface area (Å²) < 4.78 is 5.35. The molecule has 1 unspecified atom stereocenters. The fraction of sp³-hybridized carbons (Fsp3) is 0.533. The van der Waals surface area contributed by atoms with E-state index in [9.17, 15) is 4.79 Å². The molecule has 0 aliphatic carbocycles. The molecule has 0 saturated heterocycles. The first-order chi connectivity index (χ1) is 9.24. The fourth-order valence-electron chi connectivity index (χ4n) is 2.26. The van der Waals surface area contributed by atoms with Gasteiger partial charge in [-0.2, -0.15) is 0 Å². The summed E-state index contributed by atoms with van der Waals surface area (Å²) in [7, 11) is 0. The summed E-state index contributed by atoms with van der Waals surface area (Å²) in [6.45, 7) is 4.08. The van der Waals surface area contributed by atoms with Crippen molar-refractivity contribution in [2.75, 3.05) is 12.4 Å².